The third-order valence-electron chi connectivity index (χ3n) is 14.0. The van der Waals surface area contributed by atoms with Crippen LogP contribution in [0.4, 0.5) is 14.4 Å². The number of rotatable bonds is 8. The average Bonchev–Trinajstić information content (AvgIpc) is 1.62. The molecular weight excluding hydrogens is 1430 g/mol. The van der Waals surface area contributed by atoms with Crippen molar-refractivity contribution in [1.82, 2.24) is 20.0 Å². The number of aryl methyl sites for hydroxylation is 6. The maximum absolute atomic E-state index is 12.4. The molecule has 3 amide bonds. The van der Waals surface area contributed by atoms with Gasteiger partial charge in [-0.3, -0.25) is 44.0 Å². The van der Waals surface area contributed by atoms with Crippen molar-refractivity contribution < 1.29 is 120 Å². The van der Waals surface area contributed by atoms with Gasteiger partial charge < -0.3 is 65.1 Å². The number of benzene rings is 2. The number of nitrogens with two attached hydrogens (primary N) is 2. The molecule has 0 aromatic heterocycles. The van der Waals surface area contributed by atoms with Crippen LogP contribution in [0.2, 0.25) is 0 Å². The summed E-state index contributed by atoms with van der Waals surface area (Å²) in [6, 6.07) is 4.37. The van der Waals surface area contributed by atoms with Gasteiger partial charge in [0.05, 0.1) is 55.8 Å². The van der Waals surface area contributed by atoms with Crippen molar-refractivity contribution in [2.75, 3.05) is 39.6 Å². The number of amides is 3. The van der Waals surface area contributed by atoms with Gasteiger partial charge in [-0.05, 0) is 122 Å². The first-order valence-corrected chi connectivity index (χ1v) is 34.4. The Balaban J connectivity index is -0.000000581. The first-order chi connectivity index (χ1) is 46.9. The Morgan fingerprint density at radius 1 is 0.548 bits per heavy atom. The van der Waals surface area contributed by atoms with E-state index in [9.17, 15) is 48.3 Å². The van der Waals surface area contributed by atoms with E-state index >= 15 is 0 Å². The molecule has 10 atom stereocenters. The number of aliphatic hydroxyl groups excluding tert-OH is 2. The monoisotopic (exact) mass is 1560 g/mol. The summed E-state index contributed by atoms with van der Waals surface area (Å²) in [6.07, 6.45) is -3.98. The van der Waals surface area contributed by atoms with E-state index in [0.29, 0.717) is 6.61 Å². The number of halogens is 2. The number of carboxylic acid groups (broad SMARTS) is 2. The third kappa shape index (κ3) is 39.6. The molecule has 4 fully saturated rings. The molecule has 4 heterocycles. The second kappa shape index (κ2) is 45.0. The molecule has 0 saturated carbocycles. The standard InChI is InChI=1S/2C14H25NO4.C13H23NO5.C9H11Br.C9H17NO2.C9H11.C4H9NO2.C3H7NO3.ClH.Li/c2*1-9(16)10-8-18-11(13(2,3)4)15(10)12(17)19-14(5,6)7;1-12(2,3)10-14(8(7-18-10)9(15)16)11(17)19-13(4,5)6;1-6-4-7(2)9(10)8(3)5-6;1-6(11)7-5-12-8(10-7)9(2,3)4;1-7-4-8(2)6-9(3)5-7;1-3(7)4(5)2-6;4-2(1-5)3(6)7;;/h2*10-11H,8H2,1-7H3;8,10H,7H2,1-6H3,(H,15,16);4-5H,1-3H3;7-8,10H,5H2,1-4H3;4-5H,1-3H3;4,6H,2,5H2,1H3;2,5H,1,4H2,(H,6,7);1H;/q;;;;;-1;;;;+1/t2*10-,11+;8-,10+;;7-,8?;;4-;2-;;/m111.1.11../s1/i10D;;8D;;;;;2D;;. The zero-order valence-electron chi connectivity index (χ0n) is 71.2. The Hall–Kier alpha value is -5.12. The maximum Gasteiger partial charge on any atom is 1.00 e. The Morgan fingerprint density at radius 2 is 0.894 bits per heavy atom. The summed E-state index contributed by atoms with van der Waals surface area (Å²) in [7, 11) is 0. The van der Waals surface area contributed by atoms with Crippen LogP contribution in [-0.2, 0) is 61.9 Å². The molecule has 9 N–H and O–H groups in total. The van der Waals surface area contributed by atoms with Gasteiger partial charge in [0, 0.05) is 26.1 Å². The molecule has 0 aliphatic carbocycles. The van der Waals surface area contributed by atoms with Crippen molar-refractivity contribution in [3.8, 4) is 0 Å². The van der Waals surface area contributed by atoms with Crippen LogP contribution in [0.5, 0.6) is 0 Å². The van der Waals surface area contributed by atoms with Crippen LogP contribution < -0.4 is 35.6 Å². The fourth-order valence-electron chi connectivity index (χ4n) is 9.33. The Morgan fingerprint density at radius 3 is 1.14 bits per heavy atom. The summed E-state index contributed by atoms with van der Waals surface area (Å²) in [4.78, 5) is 106. The van der Waals surface area contributed by atoms with Gasteiger partial charge in [0.1, 0.15) is 71.4 Å². The normalized spacial score (nSPS) is 22.7. The summed E-state index contributed by atoms with van der Waals surface area (Å²) >= 11 is 3.51. The quantitative estimate of drug-likeness (QED) is 0.0738. The summed E-state index contributed by atoms with van der Waals surface area (Å²) in [6.45, 7) is 56.3. The van der Waals surface area contributed by atoms with Gasteiger partial charge >= 0.3 is 49.1 Å². The number of Topliss-reactive ketones (excluding diaryl/α,β-unsaturated/α-hetero) is 4. The van der Waals surface area contributed by atoms with Crippen molar-refractivity contribution in [2.24, 2.45) is 33.1 Å². The van der Waals surface area contributed by atoms with Crippen LogP contribution >= 0.6 is 28.3 Å². The second-order valence-corrected chi connectivity index (χ2v) is 33.4. The average molecular weight is 1560 g/mol. The van der Waals surface area contributed by atoms with Gasteiger partial charge in [-0.25, -0.2) is 19.2 Å². The van der Waals surface area contributed by atoms with Crippen molar-refractivity contribution >= 4 is 81.7 Å². The van der Waals surface area contributed by atoms with Crippen LogP contribution in [0.3, 0.4) is 0 Å². The molecule has 0 radical (unpaired) electrons. The van der Waals surface area contributed by atoms with Crippen LogP contribution in [0, 0.1) is 69.3 Å². The minimum atomic E-state index is -2.24. The number of carboxylic acids is 2. The fourth-order valence-corrected chi connectivity index (χ4v) is 9.56. The fraction of sp³-hybridized carbons (Fsp3) is 0.720. The Labute approximate surface area is 651 Å². The predicted molar refractivity (Wildman–Crippen MR) is 402 cm³/mol. The van der Waals surface area contributed by atoms with Gasteiger partial charge in [-0.2, -0.15) is 34.9 Å². The molecule has 2 aromatic carbocycles. The SMILES string of the molecule is CC(=O)[C@H](N)CO.CC(=O)[C@H]1COC(C(C)(C)C)N1.CC(=O)[C@H]1CO[C@@H](C(C)(C)C)N1C(=O)OC(C)(C)C.Cc1[c-]c(C)cc(C)c1.Cc1cc(C)c(Br)c(C)c1.Cl.[2H][C@@](N)(CO)C(=O)O.[2H][C@]1(C(=O)O)CO[C@@H](C(C)(C)C)N1C(=O)OC(C)(C)C.[2H][C@]1(C(C)=O)CO[C@@H](C(C)(C)C)N1C(=O)OC(C)(C)C.[Li+]. The first-order valence-electron chi connectivity index (χ1n) is 35.1. The topological polar surface area (TPSA) is 373 Å². The zero-order valence-corrected chi connectivity index (χ0v) is 70.6. The molecule has 104 heavy (non-hydrogen) atoms. The number of aliphatic carboxylic acids is 2. The molecule has 2 aromatic rings. The zero-order chi connectivity index (χ0) is 83.4. The van der Waals surface area contributed by atoms with E-state index < -0.39 is 119 Å². The molecule has 594 valence electrons. The molecule has 29 heteroatoms. The predicted octanol–water partition coefficient (Wildman–Crippen LogP) is 8.68. The van der Waals surface area contributed by atoms with Gasteiger partial charge in [0.25, 0.3) is 0 Å². The van der Waals surface area contributed by atoms with E-state index in [1.807, 2.05) is 62.3 Å². The van der Waals surface area contributed by atoms with Crippen molar-refractivity contribution in [1.29, 1.82) is 0 Å². The van der Waals surface area contributed by atoms with Crippen molar-refractivity contribution in [2.45, 2.75) is 293 Å². The number of hydrogen-bond acceptors (Lipinski definition) is 21. The number of carbonyl (C=O) groups is 9. The van der Waals surface area contributed by atoms with E-state index in [1.54, 1.807) is 69.2 Å². The first kappa shape index (κ1) is 98.9. The molecule has 1 unspecified atom stereocenters. The summed E-state index contributed by atoms with van der Waals surface area (Å²) in [5, 5.41) is 36.6. The van der Waals surface area contributed by atoms with Crippen LogP contribution in [0.15, 0.2) is 28.7 Å². The maximum atomic E-state index is 12.4. The van der Waals surface area contributed by atoms with Gasteiger partial charge in [0.2, 0.25) is 0 Å². The smallest absolute Gasteiger partial charge is 0.480 e. The summed E-state index contributed by atoms with van der Waals surface area (Å²) < 4.78 is 62.1. The third-order valence-corrected chi connectivity index (χ3v) is 15.3. The van der Waals surface area contributed by atoms with Gasteiger partial charge in [-0.15, -0.1) is 12.4 Å². The number of nitrogens with zero attached hydrogens (tertiary/aromatic N) is 3. The molecule has 4 saturated heterocycles. The summed E-state index contributed by atoms with van der Waals surface area (Å²) in [5.74, 6) is -3.51. The molecule has 0 bridgehead atoms. The molecule has 4 aliphatic rings. The number of ketones is 4. The van der Waals surface area contributed by atoms with E-state index in [4.69, 9.17) is 58.3 Å². The van der Waals surface area contributed by atoms with E-state index in [1.165, 1.54) is 63.5 Å². The second-order valence-electron chi connectivity index (χ2n) is 32.6. The van der Waals surface area contributed by atoms with E-state index in [-0.39, 0.29) is 98.1 Å². The number of hydrogen-bond donors (Lipinski definition) is 7. The van der Waals surface area contributed by atoms with Gasteiger partial charge in [0.15, 0.2) is 17.6 Å². The van der Waals surface area contributed by atoms with Crippen molar-refractivity contribution in [3.63, 3.8) is 0 Å². The molecule has 26 nitrogen and oxygen atoms in total. The Bertz CT molecular complexity index is 3100. The number of aliphatic hydroxyl groups is 2. The number of nitrogens with one attached hydrogen (secondary N) is 1. The summed E-state index contributed by atoms with van der Waals surface area (Å²) in [5.41, 5.74) is 14.2. The number of ether oxygens (including phenoxy) is 7. The Kier molecular flexibility index (Phi) is 42.8. The largest absolute Gasteiger partial charge is 1.00 e. The molecular formula is C75H129BrClLiN6O20. The van der Waals surface area contributed by atoms with Crippen LogP contribution in [-0.4, -0.2) is 206 Å². The van der Waals surface area contributed by atoms with Crippen molar-refractivity contribution in [3.05, 3.63) is 68.2 Å². The van der Waals surface area contributed by atoms with Gasteiger partial charge in [-0.1, -0.05) is 137 Å². The molecule has 4 aliphatic heterocycles. The molecule has 6 rings (SSSR count). The van der Waals surface area contributed by atoms with Crippen LogP contribution in [0.25, 0.3) is 0 Å². The molecule has 0 spiro atoms. The number of carbonyl (C=O) groups excluding carboxylic acids is 7. The minimum absolute atomic E-state index is 0. The van der Waals surface area contributed by atoms with E-state index in [2.05, 4.69) is 120 Å². The van der Waals surface area contributed by atoms with Crippen LogP contribution in [0.1, 0.15) is 211 Å². The minimum Gasteiger partial charge on any atom is -0.480 e. The van der Waals surface area contributed by atoms with E-state index in [0.717, 1.165) is 9.80 Å².